The first-order valence-electron chi connectivity index (χ1n) is 5.79. The maximum Gasteiger partial charge on any atom is 0.313 e. The topological polar surface area (TPSA) is 86.7 Å². The fourth-order valence-electron chi connectivity index (χ4n) is 2.71. The number of rotatable bonds is 2. The van der Waals surface area contributed by atoms with Crippen LogP contribution in [0.1, 0.15) is 0 Å². The van der Waals surface area contributed by atoms with E-state index >= 15 is 0 Å². The Balaban J connectivity index is 2.86. The molecule has 3 rings (SSSR count). The molecule has 2 bridgehead atoms. The van der Waals surface area contributed by atoms with E-state index in [-0.39, 0.29) is 0 Å². The fraction of sp³-hybridized carbons (Fsp3) is 0.500. The first-order chi connectivity index (χ1) is 10.1. The van der Waals surface area contributed by atoms with Gasteiger partial charge >= 0.3 is 11.9 Å². The van der Waals surface area contributed by atoms with Crippen molar-refractivity contribution in [2.45, 2.75) is 11.3 Å². The first-order valence-corrected chi connectivity index (χ1v) is 5.79. The van der Waals surface area contributed by atoms with Crippen LogP contribution in [-0.2, 0) is 28.7 Å². The largest absolute Gasteiger partial charge is 0.469 e. The Morgan fingerprint density at radius 1 is 0.864 bits per heavy atom. The molecule has 22 heavy (non-hydrogen) atoms. The molecule has 1 saturated carbocycles. The third-order valence-electron chi connectivity index (χ3n) is 3.80. The van der Waals surface area contributed by atoms with Crippen molar-refractivity contribution < 1.29 is 46.2 Å². The highest BCUT2D eigenvalue weighted by molar-refractivity contribution is 6.47. The van der Waals surface area contributed by atoms with Gasteiger partial charge in [0.15, 0.2) is 11.7 Å². The third kappa shape index (κ3) is 1.49. The van der Waals surface area contributed by atoms with E-state index < -0.39 is 58.3 Å². The second-order valence-corrected chi connectivity index (χ2v) is 4.71. The van der Waals surface area contributed by atoms with E-state index in [0.29, 0.717) is 14.2 Å². The van der Waals surface area contributed by atoms with E-state index in [1.807, 2.05) is 0 Å². The quantitative estimate of drug-likeness (QED) is 0.412. The lowest BCUT2D eigenvalue weighted by Crippen LogP contribution is -2.72. The normalized spacial score (nSPS) is 37.4. The number of carbonyl (C=O) groups is 4. The maximum atomic E-state index is 14.7. The first kappa shape index (κ1) is 16.1. The summed E-state index contributed by atoms with van der Waals surface area (Å²) in [5, 5.41) is 0. The van der Waals surface area contributed by atoms with Crippen molar-refractivity contribution in [1.29, 1.82) is 0 Å². The van der Waals surface area contributed by atoms with Gasteiger partial charge in [0.25, 0.3) is 0 Å². The molecule has 0 aromatic carbocycles. The minimum atomic E-state index is -4.15. The van der Waals surface area contributed by atoms with Gasteiger partial charge in [-0.15, -0.1) is 0 Å². The van der Waals surface area contributed by atoms with E-state index in [4.69, 9.17) is 0 Å². The number of Topliss-reactive ketones (excluding diaryl/α,β-unsaturated/α-hetero) is 2. The molecule has 0 aromatic heterocycles. The summed E-state index contributed by atoms with van der Waals surface area (Å²) in [6, 6.07) is 0. The Morgan fingerprint density at radius 2 is 1.14 bits per heavy atom. The van der Waals surface area contributed by atoms with Gasteiger partial charge in [-0.3, -0.25) is 19.2 Å². The van der Waals surface area contributed by atoms with E-state index in [0.717, 1.165) is 0 Å². The number of ether oxygens (including phenoxy) is 2. The van der Waals surface area contributed by atoms with Gasteiger partial charge in [0.1, 0.15) is 11.8 Å². The molecule has 0 amide bonds. The Morgan fingerprint density at radius 3 is 1.36 bits per heavy atom. The highest BCUT2D eigenvalue weighted by atomic mass is 19.2. The van der Waals surface area contributed by atoms with Crippen LogP contribution in [0, 0.1) is 11.8 Å². The number of hydrogen-bond donors (Lipinski definition) is 0. The lowest BCUT2D eigenvalue weighted by atomic mass is 9.56. The molecule has 6 nitrogen and oxygen atoms in total. The molecule has 0 N–H and O–H groups in total. The number of ketones is 2. The average molecular weight is 324 g/mol. The van der Waals surface area contributed by atoms with Crippen LogP contribution in [-0.4, -0.2) is 49.1 Å². The van der Waals surface area contributed by atoms with Crippen LogP contribution >= 0.6 is 0 Å². The standard InChI is InChI=1S/C12H8F4O6/c1-21-9(19)3-4(10(20)22-2)12(16)6(14)5(13)11(3,15)7(17)8(12)18/h3-4H,1-2H3/t3-,4+,11+,12-. The predicted octanol–water partition coefficient (Wildman–Crippen LogP) is 0.297. The van der Waals surface area contributed by atoms with Gasteiger partial charge in [0, 0.05) is 0 Å². The Labute approximate surface area is 120 Å². The highest BCUT2D eigenvalue weighted by Crippen LogP contribution is 2.58. The SMILES string of the molecule is COC(=O)[C@@H]1[C@H](C(=O)OC)[C@@]2(F)C(=O)C(=O)[C@]1(F)C(F)=C2F. The summed E-state index contributed by atoms with van der Waals surface area (Å²) in [6.07, 6.45) is 0. The van der Waals surface area contributed by atoms with Gasteiger partial charge in [-0.05, 0) is 0 Å². The average Bonchev–Trinajstić information content (AvgIpc) is 2.51. The molecule has 120 valence electrons. The van der Waals surface area contributed by atoms with Crippen LogP contribution < -0.4 is 0 Å². The smallest absolute Gasteiger partial charge is 0.313 e. The number of fused-ring (bicyclic) bond motifs is 2. The molecule has 4 atom stereocenters. The number of hydrogen-bond acceptors (Lipinski definition) is 6. The van der Waals surface area contributed by atoms with Gasteiger partial charge in [0.2, 0.25) is 22.9 Å². The molecule has 0 unspecified atom stereocenters. The van der Waals surface area contributed by atoms with Crippen molar-refractivity contribution in [2.75, 3.05) is 14.2 Å². The van der Waals surface area contributed by atoms with Gasteiger partial charge in [-0.2, -0.15) is 0 Å². The number of halogens is 4. The van der Waals surface area contributed by atoms with E-state index in [9.17, 15) is 36.7 Å². The molecule has 3 aliphatic carbocycles. The van der Waals surface area contributed by atoms with Crippen molar-refractivity contribution in [3.05, 3.63) is 11.7 Å². The lowest BCUT2D eigenvalue weighted by Gasteiger charge is -2.47. The van der Waals surface area contributed by atoms with Crippen LogP contribution in [0.5, 0.6) is 0 Å². The van der Waals surface area contributed by atoms with Gasteiger partial charge in [0.05, 0.1) is 14.2 Å². The summed E-state index contributed by atoms with van der Waals surface area (Å²) >= 11 is 0. The van der Waals surface area contributed by atoms with Crippen LogP contribution in [0.15, 0.2) is 11.7 Å². The lowest BCUT2D eigenvalue weighted by molar-refractivity contribution is -0.189. The van der Waals surface area contributed by atoms with Crippen molar-refractivity contribution in [3.63, 3.8) is 0 Å². The van der Waals surface area contributed by atoms with Crippen molar-refractivity contribution in [3.8, 4) is 0 Å². The number of esters is 2. The number of methoxy groups -OCH3 is 2. The Bertz CT molecular complexity index is 590. The minimum Gasteiger partial charge on any atom is -0.469 e. The Kier molecular flexibility index (Phi) is 3.38. The van der Waals surface area contributed by atoms with Gasteiger partial charge in [-0.25, -0.2) is 17.6 Å². The molecule has 0 aliphatic heterocycles. The minimum absolute atomic E-state index is 0.692. The molecular formula is C12H8F4O6. The summed E-state index contributed by atoms with van der Waals surface area (Å²) in [4.78, 5) is 46.4. The van der Waals surface area contributed by atoms with Crippen LogP contribution in [0.4, 0.5) is 17.6 Å². The van der Waals surface area contributed by atoms with E-state index in [1.54, 1.807) is 0 Å². The zero-order valence-corrected chi connectivity index (χ0v) is 11.1. The van der Waals surface area contributed by atoms with Gasteiger partial charge < -0.3 is 9.47 Å². The summed E-state index contributed by atoms with van der Waals surface area (Å²) in [5.74, 6) is -18.6. The zero-order chi connectivity index (χ0) is 17.0. The van der Waals surface area contributed by atoms with E-state index in [2.05, 4.69) is 9.47 Å². The molecule has 3 aliphatic rings. The van der Waals surface area contributed by atoms with Crippen LogP contribution in [0.25, 0.3) is 0 Å². The number of alkyl halides is 2. The molecular weight excluding hydrogens is 316 g/mol. The fourth-order valence-corrected chi connectivity index (χ4v) is 2.71. The van der Waals surface area contributed by atoms with Gasteiger partial charge in [-0.1, -0.05) is 0 Å². The molecule has 0 spiro atoms. The number of allylic oxidation sites excluding steroid dienone is 2. The van der Waals surface area contributed by atoms with Crippen molar-refractivity contribution >= 4 is 23.5 Å². The molecule has 0 saturated heterocycles. The zero-order valence-electron chi connectivity index (χ0n) is 11.1. The number of carbonyl (C=O) groups excluding carboxylic acids is 4. The van der Waals surface area contributed by atoms with Crippen molar-refractivity contribution in [1.82, 2.24) is 0 Å². The summed E-state index contributed by atoms with van der Waals surface area (Å²) in [5.41, 5.74) is -8.30. The predicted molar refractivity (Wildman–Crippen MR) is 57.9 cm³/mol. The second-order valence-electron chi connectivity index (χ2n) is 4.71. The summed E-state index contributed by atoms with van der Waals surface area (Å²) in [7, 11) is 1.38. The van der Waals surface area contributed by atoms with Crippen molar-refractivity contribution in [2.24, 2.45) is 11.8 Å². The maximum absolute atomic E-state index is 14.7. The monoisotopic (exact) mass is 324 g/mol. The van der Waals surface area contributed by atoms with Crippen LogP contribution in [0.2, 0.25) is 0 Å². The molecule has 0 radical (unpaired) electrons. The molecule has 0 aromatic rings. The summed E-state index contributed by atoms with van der Waals surface area (Å²) < 4.78 is 65.2. The van der Waals surface area contributed by atoms with E-state index in [1.165, 1.54) is 0 Å². The third-order valence-corrected chi connectivity index (χ3v) is 3.80. The highest BCUT2D eigenvalue weighted by Gasteiger charge is 2.80. The Hall–Kier alpha value is -2.26. The second kappa shape index (κ2) is 4.62. The molecule has 1 fully saturated rings. The molecule has 10 heteroatoms. The summed E-state index contributed by atoms with van der Waals surface area (Å²) in [6.45, 7) is 0. The molecule has 0 heterocycles. The van der Waals surface area contributed by atoms with Crippen LogP contribution in [0.3, 0.4) is 0 Å².